The van der Waals surface area contributed by atoms with E-state index in [2.05, 4.69) is 275 Å². The second kappa shape index (κ2) is 67.3. The zero-order valence-electron chi connectivity index (χ0n) is 82.3. The van der Waals surface area contributed by atoms with E-state index in [4.69, 9.17) is 47.1 Å². The molecule has 0 amide bonds. The molecule has 6 aliphatic carbocycles. The van der Waals surface area contributed by atoms with Gasteiger partial charge < -0.3 is 67.5 Å². The van der Waals surface area contributed by atoms with E-state index in [9.17, 15) is 30.0 Å². The van der Waals surface area contributed by atoms with Gasteiger partial charge in [-0.05, 0) is 200 Å². The molecule has 5 N–H and O–H groups in total. The van der Waals surface area contributed by atoms with E-state index < -0.39 is 22.6 Å². The van der Waals surface area contributed by atoms with Gasteiger partial charge in [-0.15, -0.1) is 0 Å². The van der Waals surface area contributed by atoms with Gasteiger partial charge in [-0.25, -0.2) is 0 Å². The average Bonchev–Trinajstić information content (AvgIpc) is 1.46. The van der Waals surface area contributed by atoms with Crippen LogP contribution in [0, 0.1) is 71.0 Å². The maximum absolute atomic E-state index is 11.7. The molecule has 0 aromatic heterocycles. The number of ether oxygens (including phenoxy) is 7. The first-order chi connectivity index (χ1) is 67.2. The van der Waals surface area contributed by atoms with Gasteiger partial charge in [0.25, 0.3) is 16.6 Å². The SMILES string of the molecule is C.C.C.C.C.C.CC(C)(C)[Si](OC[C@H]1C[C@@H](Br)C[C@@H]1COCc1ccccc1)(c1ccccc1)c1ccccc1.CC(C)(C)[Si](OC[C@H]1C[C@H](O)C[C@@H]1COCc1ccccc1)(c1ccccc1)c1ccccc1.COC(=O)C1C[C@@H](Br)C[C@@H]1COCc1ccccc1.O=C(O)C1C[C@@H](Br)C[C@@H]1COCc1ccccc1.OC[C@H]1C[C@@H](Br)C[C@@H]1COCc1ccccc1.OC[C@H]1C[C@H](O)C[C@@H]1COCc1ccccc1. The molecule has 0 spiro atoms. The molecule has 0 bridgehead atoms. The molecule has 22 heteroatoms. The molecule has 10 aromatic carbocycles. The number of aliphatic hydroxyl groups excluding tert-OH is 4. The molecule has 0 radical (unpaired) electrons. The van der Waals surface area contributed by atoms with Gasteiger partial charge in [0.1, 0.15) is 0 Å². The van der Waals surface area contributed by atoms with Crippen molar-refractivity contribution in [3.63, 3.8) is 0 Å². The molecule has 145 heavy (non-hydrogen) atoms. The number of carbonyl (C=O) groups is 2. The van der Waals surface area contributed by atoms with E-state index in [1.54, 1.807) is 0 Å². The number of aliphatic hydroxyl groups is 4. The molecule has 16 rings (SSSR count). The number of carbonyl (C=O) groups excluding carboxylic acids is 1. The topological polar surface area (TPSA) is 218 Å². The summed E-state index contributed by atoms with van der Waals surface area (Å²) in [6.07, 6.45) is 10.3. The quantitative estimate of drug-likeness (QED) is 0.0138. The number of carboxylic acid groups (broad SMARTS) is 1. The van der Waals surface area contributed by atoms with Crippen molar-refractivity contribution in [2.45, 2.75) is 244 Å². The van der Waals surface area contributed by atoms with Crippen LogP contribution in [0.15, 0.2) is 303 Å². The molecule has 6 aliphatic rings. The van der Waals surface area contributed by atoms with Crippen molar-refractivity contribution in [2.24, 2.45) is 71.0 Å². The van der Waals surface area contributed by atoms with Crippen molar-refractivity contribution >= 4 is 113 Å². The van der Waals surface area contributed by atoms with Crippen LogP contribution in [-0.4, -0.2) is 159 Å². The van der Waals surface area contributed by atoms with Crippen LogP contribution in [-0.2, 0) is 91.2 Å². The highest BCUT2D eigenvalue weighted by atomic mass is 79.9. The molecule has 10 aromatic rings. The normalized spacial score (nSPS) is 23.4. The fourth-order valence-corrected chi connectivity index (χ4v) is 33.9. The molecule has 18 atom stereocenters. The predicted molar refractivity (Wildman–Crippen MR) is 618 cm³/mol. The smallest absolute Gasteiger partial charge is 0.309 e. The van der Waals surface area contributed by atoms with Crippen LogP contribution in [0.3, 0.4) is 0 Å². The number of rotatable bonds is 38. The van der Waals surface area contributed by atoms with E-state index in [0.29, 0.717) is 140 Å². The van der Waals surface area contributed by atoms with Crippen molar-refractivity contribution in [1.29, 1.82) is 0 Å². The van der Waals surface area contributed by atoms with Crippen LogP contribution in [0.1, 0.15) is 197 Å². The minimum atomic E-state index is -2.57. The molecule has 0 heterocycles. The highest BCUT2D eigenvalue weighted by molar-refractivity contribution is 9.10. The van der Waals surface area contributed by atoms with Gasteiger partial charge in [-0.1, -0.05) is 453 Å². The van der Waals surface area contributed by atoms with Crippen molar-refractivity contribution in [3.05, 3.63) is 337 Å². The van der Waals surface area contributed by atoms with Gasteiger partial charge in [-0.2, -0.15) is 0 Å². The number of aliphatic carboxylic acids is 1. The summed E-state index contributed by atoms with van der Waals surface area (Å²) in [4.78, 5) is 24.6. The van der Waals surface area contributed by atoms with Crippen LogP contribution in [0.4, 0.5) is 0 Å². The number of carboxylic acids is 1. The van der Waals surface area contributed by atoms with Crippen LogP contribution in [0.5, 0.6) is 0 Å². The monoisotopic (exact) mass is 2280 g/mol. The second-order valence-corrected chi connectivity index (χ2v) is 54.3. The van der Waals surface area contributed by atoms with Crippen LogP contribution in [0.2, 0.25) is 10.1 Å². The standard InChI is InChI=1S/C30H37BrO2Si.C30H38O3Si.C15H19BrO3.C14H17BrO3.C14H19BrO2.C14H20O3.6CH4/c2*1-30(2,3)34(28-15-9-5-10-16-28,29-17-11-6-12-18-29)33-23-26-20-27(31)19-25(26)22-32-21-24-13-7-4-8-14-24;1-18-15(17)14-8-13(16)7-12(14)10-19-9-11-5-3-2-4-6-11;15-12-6-11(13(7-12)14(16)17)9-18-8-10-4-2-1-3-5-10;15-14-6-12(8-16)13(7-14)10-17-9-11-4-2-1-3-5-11;15-8-12-6-14(16)7-13(12)10-17-9-11-4-2-1-3-5-11;;;;;;/h4-18,25-27H,19-23H2,1-3H3;4-18,25-27,31H,19-23H2,1-3H3;2-6,12-14H,7-10H2,1H3;1-5,11-13H,6-9H2,(H,16,17);1-5,12-14,16H,6-10H2;1-5,12-16H,6-10H2;6*1H4/t25-,26-,27+;25-,26-,27-;12-,13+,14?;11-,12+,13?;12-,13-,14-;12-,13-,14+;;;;;;/m111111....../s1. The molecular weight excluding hydrogens is 2110 g/mol. The summed E-state index contributed by atoms with van der Waals surface area (Å²) in [5.41, 5.74) is 7.06. The van der Waals surface area contributed by atoms with Crippen molar-refractivity contribution < 1.29 is 77.1 Å². The lowest BCUT2D eigenvalue weighted by molar-refractivity contribution is -0.147. The molecule has 0 aliphatic heterocycles. The minimum absolute atomic E-state index is 0. The van der Waals surface area contributed by atoms with Gasteiger partial charge in [0.15, 0.2) is 0 Å². The van der Waals surface area contributed by atoms with Crippen LogP contribution in [0.25, 0.3) is 0 Å². The van der Waals surface area contributed by atoms with E-state index in [-0.39, 0.29) is 122 Å². The molecule has 798 valence electrons. The molecule has 0 saturated heterocycles. The van der Waals surface area contributed by atoms with Crippen molar-refractivity contribution in [2.75, 3.05) is 73.2 Å². The third-order valence-corrected chi connectivity index (χ3v) is 41.3. The number of esters is 1. The highest BCUT2D eigenvalue weighted by Gasteiger charge is 2.53. The van der Waals surface area contributed by atoms with Crippen molar-refractivity contribution in [3.8, 4) is 0 Å². The Morgan fingerprint density at radius 2 is 0.462 bits per heavy atom. The summed E-state index contributed by atoms with van der Waals surface area (Å²) in [5, 5.41) is 52.9. The van der Waals surface area contributed by atoms with Gasteiger partial charge in [0.05, 0.1) is 110 Å². The zero-order valence-corrected chi connectivity index (χ0v) is 90.6. The molecule has 16 nitrogen and oxygen atoms in total. The number of hydrogen-bond donors (Lipinski definition) is 5. The third kappa shape index (κ3) is 40.3. The minimum Gasteiger partial charge on any atom is -0.481 e. The number of hydrogen-bond acceptors (Lipinski definition) is 15. The number of benzene rings is 10. The summed E-state index contributed by atoms with van der Waals surface area (Å²) in [6.45, 7) is 23.5. The first kappa shape index (κ1) is 128. The molecule has 6 saturated carbocycles. The summed E-state index contributed by atoms with van der Waals surface area (Å²) in [7, 11) is -3.63. The summed E-state index contributed by atoms with van der Waals surface area (Å²) >= 11 is 14.6. The highest BCUT2D eigenvalue weighted by Crippen LogP contribution is 2.45. The van der Waals surface area contributed by atoms with Gasteiger partial charge >= 0.3 is 11.9 Å². The predicted octanol–water partition coefficient (Wildman–Crippen LogP) is 26.4. The largest absolute Gasteiger partial charge is 0.481 e. The fraction of sp³-hybridized carbons (Fsp3) is 0.496. The van der Waals surface area contributed by atoms with Gasteiger partial charge in [-0.3, -0.25) is 9.59 Å². The van der Waals surface area contributed by atoms with E-state index in [1.807, 2.05) is 133 Å². The Kier molecular flexibility index (Phi) is 59.7. The average molecular weight is 2280 g/mol. The maximum Gasteiger partial charge on any atom is 0.309 e. The zero-order chi connectivity index (χ0) is 98.8. The number of methoxy groups -OCH3 is 1. The molecular formula is C123H174Br4O16Si2. The Labute approximate surface area is 908 Å². The lowest BCUT2D eigenvalue weighted by Crippen LogP contribution is -2.67. The van der Waals surface area contributed by atoms with Crippen molar-refractivity contribution in [1.82, 2.24) is 0 Å². The van der Waals surface area contributed by atoms with E-state index in [1.165, 1.54) is 44.5 Å². The first-order valence-electron chi connectivity index (χ1n) is 49.9. The Morgan fingerprint density at radius 3 is 0.717 bits per heavy atom. The van der Waals surface area contributed by atoms with E-state index in [0.717, 1.165) is 101 Å². The maximum atomic E-state index is 11.7. The Morgan fingerprint density at radius 1 is 0.276 bits per heavy atom. The number of halogens is 4. The fourth-order valence-electron chi connectivity index (χ4n) is 20.9. The van der Waals surface area contributed by atoms with Crippen LogP contribution >= 0.6 is 63.7 Å². The lowest BCUT2D eigenvalue weighted by Gasteiger charge is -2.44. The first-order valence-corrected chi connectivity index (χ1v) is 57.4. The van der Waals surface area contributed by atoms with E-state index >= 15 is 0 Å². The third-order valence-electron chi connectivity index (χ3n) is 28.3. The summed E-state index contributed by atoms with van der Waals surface area (Å²) in [6, 6.07) is 104. The Hall–Kier alpha value is -6.99. The summed E-state index contributed by atoms with van der Waals surface area (Å²) in [5.74, 6) is 2.20. The molecule has 2 unspecified atom stereocenters. The van der Waals surface area contributed by atoms with Gasteiger partial charge in [0.2, 0.25) is 0 Å². The molecule has 6 fully saturated rings. The second-order valence-electron chi connectivity index (χ2n) is 40.5. The Balaban J connectivity index is 0.000000312. The summed E-state index contributed by atoms with van der Waals surface area (Å²) < 4.78 is 54.4. The van der Waals surface area contributed by atoms with Gasteiger partial charge in [0, 0.05) is 45.7 Å². The van der Waals surface area contributed by atoms with Crippen LogP contribution < -0.4 is 20.7 Å². The number of alkyl halides is 4. The Bertz CT molecular complexity index is 4700. The lowest BCUT2D eigenvalue weighted by atomic mass is 9.97.